The van der Waals surface area contributed by atoms with Crippen LogP contribution in [0, 0.1) is 12.7 Å². The van der Waals surface area contributed by atoms with Crippen LogP contribution in [0.4, 0.5) is 10.2 Å². The summed E-state index contributed by atoms with van der Waals surface area (Å²) >= 11 is 0. The Bertz CT molecular complexity index is 609. The van der Waals surface area contributed by atoms with Crippen LogP contribution in [0.2, 0.25) is 0 Å². The molecule has 4 heteroatoms. The zero-order chi connectivity index (χ0) is 14.7. The van der Waals surface area contributed by atoms with E-state index in [1.165, 1.54) is 12.4 Å². The number of rotatable bonds is 4. The Morgan fingerprint density at radius 2 is 2.00 bits per heavy atom. The number of benzene rings is 1. The van der Waals surface area contributed by atoms with E-state index >= 15 is 0 Å². The van der Waals surface area contributed by atoms with Gasteiger partial charge in [0.05, 0.1) is 5.69 Å². The van der Waals surface area contributed by atoms with Gasteiger partial charge in [-0.15, -0.1) is 0 Å². The molecule has 1 heterocycles. The molecule has 1 aromatic carbocycles. The Morgan fingerprint density at radius 1 is 1.25 bits per heavy atom. The summed E-state index contributed by atoms with van der Waals surface area (Å²) in [6.07, 6.45) is 1.53. The topological polar surface area (TPSA) is 37.8 Å². The summed E-state index contributed by atoms with van der Waals surface area (Å²) in [5.74, 6) is 0.836. The van der Waals surface area contributed by atoms with Crippen molar-refractivity contribution in [2.75, 3.05) is 11.9 Å². The molecule has 20 heavy (non-hydrogen) atoms. The van der Waals surface area contributed by atoms with Gasteiger partial charge in [-0.05, 0) is 37.5 Å². The van der Waals surface area contributed by atoms with Crippen LogP contribution < -0.4 is 5.32 Å². The van der Waals surface area contributed by atoms with Gasteiger partial charge >= 0.3 is 0 Å². The third kappa shape index (κ3) is 2.79. The van der Waals surface area contributed by atoms with Gasteiger partial charge in [0.1, 0.15) is 18.0 Å². The van der Waals surface area contributed by atoms with Crippen LogP contribution in [-0.4, -0.2) is 16.5 Å². The average molecular weight is 273 g/mol. The molecule has 0 bridgehead atoms. The normalized spacial score (nSPS) is 10.9. The predicted octanol–water partition coefficient (Wildman–Crippen LogP) is 4.15. The number of halogens is 1. The number of nitrogens with zero attached hydrogens (tertiary/aromatic N) is 2. The molecular formula is C16H20FN3. The van der Waals surface area contributed by atoms with E-state index in [2.05, 4.69) is 29.1 Å². The molecule has 0 spiro atoms. The minimum Gasteiger partial charge on any atom is -0.370 e. The number of anilines is 1. The second kappa shape index (κ2) is 5.99. The van der Waals surface area contributed by atoms with E-state index < -0.39 is 0 Å². The maximum Gasteiger partial charge on any atom is 0.133 e. The molecule has 0 fully saturated rings. The zero-order valence-corrected chi connectivity index (χ0v) is 12.4. The van der Waals surface area contributed by atoms with Crippen LogP contribution in [0.3, 0.4) is 0 Å². The maximum absolute atomic E-state index is 13.6. The first-order valence-electron chi connectivity index (χ1n) is 6.89. The van der Waals surface area contributed by atoms with E-state index in [1.54, 1.807) is 12.1 Å². The van der Waals surface area contributed by atoms with Crippen LogP contribution in [0.5, 0.6) is 0 Å². The maximum atomic E-state index is 13.6. The Labute approximate surface area is 119 Å². The fourth-order valence-corrected chi connectivity index (χ4v) is 2.31. The monoisotopic (exact) mass is 273 g/mol. The molecule has 0 saturated heterocycles. The van der Waals surface area contributed by atoms with Gasteiger partial charge in [0, 0.05) is 17.7 Å². The lowest BCUT2D eigenvalue weighted by molar-refractivity contribution is 0.627. The van der Waals surface area contributed by atoms with Crippen molar-refractivity contribution in [2.24, 2.45) is 0 Å². The van der Waals surface area contributed by atoms with Gasteiger partial charge < -0.3 is 5.32 Å². The summed E-state index contributed by atoms with van der Waals surface area (Å²) in [5.41, 5.74) is 3.68. The Hall–Kier alpha value is -1.97. The molecule has 0 aliphatic rings. The summed E-state index contributed by atoms with van der Waals surface area (Å²) in [5, 5.41) is 3.26. The quantitative estimate of drug-likeness (QED) is 0.909. The molecule has 106 valence electrons. The van der Waals surface area contributed by atoms with E-state index in [9.17, 15) is 4.39 Å². The molecule has 3 nitrogen and oxygen atoms in total. The van der Waals surface area contributed by atoms with Crippen LogP contribution in [0.15, 0.2) is 24.5 Å². The smallest absolute Gasteiger partial charge is 0.133 e. The van der Waals surface area contributed by atoms with E-state index in [0.29, 0.717) is 0 Å². The van der Waals surface area contributed by atoms with Crippen molar-refractivity contribution >= 4 is 5.82 Å². The van der Waals surface area contributed by atoms with E-state index in [1.807, 2.05) is 13.8 Å². The first kappa shape index (κ1) is 14.4. The molecular weight excluding hydrogens is 253 g/mol. The third-order valence-corrected chi connectivity index (χ3v) is 3.26. The molecule has 2 rings (SSSR count). The van der Waals surface area contributed by atoms with E-state index in [-0.39, 0.29) is 11.7 Å². The van der Waals surface area contributed by atoms with Crippen LogP contribution in [0.25, 0.3) is 11.3 Å². The number of hydrogen-bond acceptors (Lipinski definition) is 3. The van der Waals surface area contributed by atoms with Crippen molar-refractivity contribution in [2.45, 2.75) is 33.6 Å². The van der Waals surface area contributed by atoms with Crippen molar-refractivity contribution in [1.29, 1.82) is 0 Å². The first-order chi connectivity index (χ1) is 9.54. The minimum absolute atomic E-state index is 0.246. The number of aryl methyl sites for hydroxylation is 1. The molecule has 0 atom stereocenters. The first-order valence-corrected chi connectivity index (χ1v) is 6.89. The highest BCUT2D eigenvalue weighted by Crippen LogP contribution is 2.33. The van der Waals surface area contributed by atoms with E-state index in [0.717, 1.165) is 34.7 Å². The third-order valence-electron chi connectivity index (χ3n) is 3.26. The highest BCUT2D eigenvalue weighted by atomic mass is 19.1. The van der Waals surface area contributed by atoms with Crippen LogP contribution in [0.1, 0.15) is 37.8 Å². The number of aromatic nitrogens is 2. The van der Waals surface area contributed by atoms with Gasteiger partial charge in [-0.3, -0.25) is 0 Å². The van der Waals surface area contributed by atoms with Gasteiger partial charge in [-0.2, -0.15) is 0 Å². The highest BCUT2D eigenvalue weighted by molar-refractivity contribution is 5.71. The van der Waals surface area contributed by atoms with Gasteiger partial charge in [0.2, 0.25) is 0 Å². The van der Waals surface area contributed by atoms with Gasteiger partial charge in [-0.1, -0.05) is 19.9 Å². The summed E-state index contributed by atoms with van der Waals surface area (Å²) < 4.78 is 13.6. The molecule has 1 aromatic heterocycles. The largest absolute Gasteiger partial charge is 0.370 e. The summed E-state index contributed by atoms with van der Waals surface area (Å²) in [4.78, 5) is 8.71. The highest BCUT2D eigenvalue weighted by Gasteiger charge is 2.17. The van der Waals surface area contributed by atoms with Gasteiger partial charge in [0.15, 0.2) is 0 Å². The fourth-order valence-electron chi connectivity index (χ4n) is 2.31. The van der Waals surface area contributed by atoms with Crippen LogP contribution >= 0.6 is 0 Å². The molecule has 0 radical (unpaired) electrons. The lowest BCUT2D eigenvalue weighted by Crippen LogP contribution is -2.08. The summed E-state index contributed by atoms with van der Waals surface area (Å²) in [6.45, 7) is 8.97. The SMILES string of the molecule is CCNc1ncnc(-c2cc(F)ccc2C)c1C(C)C. The Balaban J connectivity index is 2.67. The number of hydrogen-bond donors (Lipinski definition) is 1. The Morgan fingerprint density at radius 3 is 2.65 bits per heavy atom. The van der Waals surface area contributed by atoms with Crippen molar-refractivity contribution in [3.8, 4) is 11.3 Å². The fraction of sp³-hybridized carbons (Fsp3) is 0.375. The van der Waals surface area contributed by atoms with Crippen molar-refractivity contribution in [1.82, 2.24) is 9.97 Å². The molecule has 0 aliphatic carbocycles. The lowest BCUT2D eigenvalue weighted by Gasteiger charge is -2.17. The van der Waals surface area contributed by atoms with Crippen molar-refractivity contribution in [3.05, 3.63) is 41.5 Å². The van der Waals surface area contributed by atoms with Crippen molar-refractivity contribution in [3.63, 3.8) is 0 Å². The van der Waals surface area contributed by atoms with Gasteiger partial charge in [0.25, 0.3) is 0 Å². The molecule has 2 aromatic rings. The predicted molar refractivity (Wildman–Crippen MR) is 80.4 cm³/mol. The lowest BCUT2D eigenvalue weighted by atomic mass is 9.95. The molecule has 1 N–H and O–H groups in total. The summed E-state index contributed by atoms with van der Waals surface area (Å²) in [7, 11) is 0. The second-order valence-electron chi connectivity index (χ2n) is 5.13. The molecule has 0 saturated carbocycles. The van der Waals surface area contributed by atoms with Crippen LogP contribution in [-0.2, 0) is 0 Å². The van der Waals surface area contributed by atoms with E-state index in [4.69, 9.17) is 0 Å². The standard InChI is InChI=1S/C16H20FN3/c1-5-18-16-14(10(2)3)15(19-9-20-16)13-8-12(17)7-6-11(13)4/h6-10H,5H2,1-4H3,(H,18,19,20). The second-order valence-corrected chi connectivity index (χ2v) is 5.13. The minimum atomic E-state index is -0.246. The number of nitrogens with one attached hydrogen (secondary N) is 1. The zero-order valence-electron chi connectivity index (χ0n) is 12.4. The molecule has 0 amide bonds. The average Bonchev–Trinajstić information content (AvgIpc) is 2.41. The molecule has 0 unspecified atom stereocenters. The van der Waals surface area contributed by atoms with Crippen molar-refractivity contribution < 1.29 is 4.39 Å². The summed E-state index contributed by atoms with van der Waals surface area (Å²) in [6, 6.07) is 4.79. The molecule has 0 aliphatic heterocycles. The van der Waals surface area contributed by atoms with Gasteiger partial charge in [-0.25, -0.2) is 14.4 Å². The Kier molecular flexibility index (Phi) is 4.32.